The normalized spacial score (nSPS) is 10.8. The van der Waals surface area contributed by atoms with Gasteiger partial charge in [0, 0.05) is 11.1 Å². The van der Waals surface area contributed by atoms with E-state index in [0.29, 0.717) is 6.42 Å². The van der Waals surface area contributed by atoms with Crippen molar-refractivity contribution in [1.29, 1.82) is 0 Å². The van der Waals surface area contributed by atoms with E-state index in [1.54, 1.807) is 12.4 Å². The van der Waals surface area contributed by atoms with Crippen molar-refractivity contribution in [3.63, 3.8) is 0 Å². The number of amides is 1. The lowest BCUT2D eigenvalue weighted by Crippen LogP contribution is -2.19. The van der Waals surface area contributed by atoms with Crippen LogP contribution in [0.25, 0.3) is 11.3 Å². The average molecular weight is 304 g/mol. The summed E-state index contributed by atoms with van der Waals surface area (Å²) in [6.45, 7) is 0. The number of nitrogens with one attached hydrogen (secondary N) is 2. The highest BCUT2D eigenvalue weighted by atomic mass is 16.2. The number of nitrogens with zero attached hydrogens (tertiary/aromatic N) is 2. The quantitative estimate of drug-likeness (QED) is 0.562. The maximum Gasteiger partial charge on any atom is 0.244 e. The van der Waals surface area contributed by atoms with Gasteiger partial charge < -0.3 is 0 Å². The van der Waals surface area contributed by atoms with Gasteiger partial charge in [0.05, 0.1) is 24.5 Å². The first kappa shape index (κ1) is 14.7. The zero-order valence-corrected chi connectivity index (χ0v) is 12.4. The van der Waals surface area contributed by atoms with E-state index in [9.17, 15) is 4.79 Å². The number of rotatable bonds is 5. The summed E-state index contributed by atoms with van der Waals surface area (Å²) in [4.78, 5) is 11.8. The molecule has 1 aromatic heterocycles. The Kier molecular flexibility index (Phi) is 4.59. The third-order valence-corrected chi connectivity index (χ3v) is 3.33. The highest BCUT2D eigenvalue weighted by Gasteiger charge is 2.05. The second-order valence-corrected chi connectivity index (χ2v) is 5.02. The van der Waals surface area contributed by atoms with Gasteiger partial charge in [-0.1, -0.05) is 60.7 Å². The van der Waals surface area contributed by atoms with E-state index in [0.717, 1.165) is 22.4 Å². The van der Waals surface area contributed by atoms with Crippen LogP contribution in [0.15, 0.2) is 72.0 Å². The molecule has 3 aromatic rings. The Hall–Kier alpha value is -3.21. The number of benzene rings is 2. The Bertz CT molecular complexity index is 794. The molecule has 0 spiro atoms. The van der Waals surface area contributed by atoms with Gasteiger partial charge in [-0.15, -0.1) is 0 Å². The molecule has 0 bridgehead atoms. The summed E-state index contributed by atoms with van der Waals surface area (Å²) < 4.78 is 0. The standard InChI is InChI=1S/C18H16N4O/c23-17(11-14-7-3-1-4-8-14)21-19-12-16-13-20-22-18(16)15-9-5-2-6-10-15/h1-10,12-13H,11H2,(H,20,22)(H,21,23)/b19-12+. The summed E-state index contributed by atoms with van der Waals surface area (Å²) in [5.41, 5.74) is 6.19. The van der Waals surface area contributed by atoms with Gasteiger partial charge in [0.2, 0.25) is 5.91 Å². The molecule has 0 aliphatic heterocycles. The molecule has 114 valence electrons. The van der Waals surface area contributed by atoms with Gasteiger partial charge in [-0.25, -0.2) is 5.43 Å². The van der Waals surface area contributed by atoms with Crippen molar-refractivity contribution in [3.05, 3.63) is 78.0 Å². The van der Waals surface area contributed by atoms with Crippen LogP contribution in [0.3, 0.4) is 0 Å². The largest absolute Gasteiger partial charge is 0.277 e. The summed E-state index contributed by atoms with van der Waals surface area (Å²) in [6, 6.07) is 19.4. The van der Waals surface area contributed by atoms with Crippen LogP contribution in [0.2, 0.25) is 0 Å². The molecule has 2 aromatic carbocycles. The van der Waals surface area contributed by atoms with Gasteiger partial charge in [-0.05, 0) is 5.56 Å². The van der Waals surface area contributed by atoms with Crippen molar-refractivity contribution in [2.45, 2.75) is 6.42 Å². The maximum atomic E-state index is 11.8. The smallest absolute Gasteiger partial charge is 0.244 e. The number of carbonyl (C=O) groups is 1. The van der Waals surface area contributed by atoms with Crippen molar-refractivity contribution in [2.75, 3.05) is 0 Å². The Balaban J connectivity index is 1.63. The minimum Gasteiger partial charge on any atom is -0.277 e. The summed E-state index contributed by atoms with van der Waals surface area (Å²) in [6.07, 6.45) is 3.57. The lowest BCUT2D eigenvalue weighted by atomic mass is 10.1. The number of hydrogen-bond donors (Lipinski definition) is 2. The van der Waals surface area contributed by atoms with Crippen LogP contribution in [0, 0.1) is 0 Å². The number of hydrogen-bond acceptors (Lipinski definition) is 3. The predicted molar refractivity (Wildman–Crippen MR) is 89.9 cm³/mol. The Morgan fingerprint density at radius 2 is 1.78 bits per heavy atom. The topological polar surface area (TPSA) is 70.1 Å². The molecule has 0 unspecified atom stereocenters. The Morgan fingerprint density at radius 1 is 1.09 bits per heavy atom. The molecule has 1 heterocycles. The lowest BCUT2D eigenvalue weighted by Gasteiger charge is -2.01. The third-order valence-electron chi connectivity index (χ3n) is 3.33. The number of hydrazone groups is 1. The van der Waals surface area contributed by atoms with E-state index in [1.165, 1.54) is 0 Å². The van der Waals surface area contributed by atoms with Crippen molar-refractivity contribution < 1.29 is 4.79 Å². The molecule has 0 radical (unpaired) electrons. The molecule has 3 rings (SSSR count). The van der Waals surface area contributed by atoms with E-state index in [1.807, 2.05) is 60.7 Å². The zero-order valence-electron chi connectivity index (χ0n) is 12.4. The summed E-state index contributed by atoms with van der Waals surface area (Å²) in [7, 11) is 0. The first-order valence-electron chi connectivity index (χ1n) is 7.27. The second-order valence-electron chi connectivity index (χ2n) is 5.02. The Morgan fingerprint density at radius 3 is 2.52 bits per heavy atom. The van der Waals surface area contributed by atoms with E-state index < -0.39 is 0 Å². The molecule has 1 amide bonds. The van der Waals surface area contributed by atoms with E-state index in [2.05, 4.69) is 20.7 Å². The van der Waals surface area contributed by atoms with Gasteiger partial charge in [0.1, 0.15) is 0 Å². The predicted octanol–water partition coefficient (Wildman–Crippen LogP) is 2.77. The number of H-pyrrole nitrogens is 1. The summed E-state index contributed by atoms with van der Waals surface area (Å²) in [5, 5.41) is 11.0. The average Bonchev–Trinajstić information content (AvgIpc) is 3.05. The van der Waals surface area contributed by atoms with Crippen molar-refractivity contribution in [3.8, 4) is 11.3 Å². The minimum absolute atomic E-state index is 0.155. The molecular weight excluding hydrogens is 288 g/mol. The fourth-order valence-corrected chi connectivity index (χ4v) is 2.22. The molecule has 0 saturated heterocycles. The van der Waals surface area contributed by atoms with Gasteiger partial charge in [-0.3, -0.25) is 9.89 Å². The number of aromatic amines is 1. The fraction of sp³-hybridized carbons (Fsp3) is 0.0556. The van der Waals surface area contributed by atoms with Gasteiger partial charge in [-0.2, -0.15) is 10.2 Å². The summed E-state index contributed by atoms with van der Waals surface area (Å²) >= 11 is 0. The lowest BCUT2D eigenvalue weighted by molar-refractivity contribution is -0.120. The van der Waals surface area contributed by atoms with Gasteiger partial charge in [0.15, 0.2) is 0 Å². The number of carbonyl (C=O) groups excluding carboxylic acids is 1. The van der Waals surface area contributed by atoms with Gasteiger partial charge in [0.25, 0.3) is 0 Å². The molecule has 0 saturated carbocycles. The fourth-order valence-electron chi connectivity index (χ4n) is 2.22. The van der Waals surface area contributed by atoms with Gasteiger partial charge >= 0.3 is 0 Å². The van der Waals surface area contributed by atoms with Crippen LogP contribution < -0.4 is 5.43 Å². The first-order valence-corrected chi connectivity index (χ1v) is 7.27. The van der Waals surface area contributed by atoms with Crippen LogP contribution in [-0.2, 0) is 11.2 Å². The highest BCUT2D eigenvalue weighted by Crippen LogP contribution is 2.18. The van der Waals surface area contributed by atoms with Crippen molar-refractivity contribution >= 4 is 12.1 Å². The second kappa shape index (κ2) is 7.17. The Labute approximate surface area is 134 Å². The molecule has 2 N–H and O–H groups in total. The minimum atomic E-state index is -0.155. The van der Waals surface area contributed by atoms with Crippen LogP contribution >= 0.6 is 0 Å². The molecule has 5 nitrogen and oxygen atoms in total. The van der Waals surface area contributed by atoms with Crippen molar-refractivity contribution in [1.82, 2.24) is 15.6 Å². The summed E-state index contributed by atoms with van der Waals surface area (Å²) in [5.74, 6) is -0.155. The monoisotopic (exact) mass is 304 g/mol. The zero-order chi connectivity index (χ0) is 15.9. The third kappa shape index (κ3) is 3.91. The van der Waals surface area contributed by atoms with E-state index in [-0.39, 0.29) is 5.91 Å². The molecule has 0 aliphatic rings. The molecule has 0 aliphatic carbocycles. The highest BCUT2D eigenvalue weighted by molar-refractivity contribution is 5.89. The molecule has 0 atom stereocenters. The van der Waals surface area contributed by atoms with Crippen LogP contribution in [0.5, 0.6) is 0 Å². The first-order chi connectivity index (χ1) is 11.3. The van der Waals surface area contributed by atoms with E-state index >= 15 is 0 Å². The molecular formula is C18H16N4O. The van der Waals surface area contributed by atoms with E-state index in [4.69, 9.17) is 0 Å². The number of aromatic nitrogens is 2. The van der Waals surface area contributed by atoms with Crippen LogP contribution in [0.1, 0.15) is 11.1 Å². The van der Waals surface area contributed by atoms with Crippen LogP contribution in [0.4, 0.5) is 0 Å². The maximum absolute atomic E-state index is 11.8. The molecule has 5 heteroatoms. The molecule has 0 fully saturated rings. The SMILES string of the molecule is O=C(Cc1ccccc1)N/N=C/c1cn[nH]c1-c1ccccc1. The van der Waals surface area contributed by atoms with Crippen LogP contribution in [-0.4, -0.2) is 22.3 Å². The molecule has 23 heavy (non-hydrogen) atoms. The van der Waals surface area contributed by atoms with Crippen molar-refractivity contribution in [2.24, 2.45) is 5.10 Å².